The van der Waals surface area contributed by atoms with Gasteiger partial charge < -0.3 is 18.8 Å². The van der Waals surface area contributed by atoms with Crippen molar-refractivity contribution in [1.29, 1.82) is 0 Å². The first-order chi connectivity index (χ1) is 17.6. The number of fused-ring (bicyclic) bond motifs is 2. The number of rotatable bonds is 6. The van der Waals surface area contributed by atoms with Crippen LogP contribution < -0.4 is 0 Å². The van der Waals surface area contributed by atoms with E-state index in [-0.39, 0.29) is 0 Å². The number of aromatic nitrogens is 4. The van der Waals surface area contributed by atoms with E-state index < -0.39 is 0 Å². The number of oxazole rings is 2. The van der Waals surface area contributed by atoms with Crippen LogP contribution in [0.5, 0.6) is 0 Å². The van der Waals surface area contributed by atoms with E-state index in [0.29, 0.717) is 11.8 Å². The van der Waals surface area contributed by atoms with Crippen LogP contribution in [-0.2, 0) is 12.8 Å². The lowest BCUT2D eigenvalue weighted by molar-refractivity contribution is 0.616. The Labute approximate surface area is 209 Å². The Bertz CT molecular complexity index is 1550. The molecule has 6 nitrogen and oxygen atoms in total. The molecule has 0 unspecified atom stereocenters. The van der Waals surface area contributed by atoms with Crippen LogP contribution in [0.15, 0.2) is 57.4 Å². The quantitative estimate of drug-likeness (QED) is 0.256. The Morgan fingerprint density at radius 1 is 0.667 bits per heavy atom. The van der Waals surface area contributed by atoms with Gasteiger partial charge in [0.25, 0.3) is 0 Å². The van der Waals surface area contributed by atoms with Gasteiger partial charge in [-0.15, -0.1) is 0 Å². The number of para-hydroxylation sites is 4. The third-order valence-corrected chi connectivity index (χ3v) is 6.96. The minimum Gasteiger partial charge on any atom is -0.435 e. The highest BCUT2D eigenvalue weighted by Crippen LogP contribution is 2.33. The fourth-order valence-corrected chi connectivity index (χ4v) is 5.06. The summed E-state index contributed by atoms with van der Waals surface area (Å²) in [5.74, 6) is 1.23. The molecule has 4 aromatic heterocycles. The minimum absolute atomic E-state index is 0.617. The first-order valence-corrected chi connectivity index (χ1v) is 12.4. The molecule has 2 aromatic carbocycles. The topological polar surface area (TPSA) is 83.6 Å². The lowest BCUT2D eigenvalue weighted by Crippen LogP contribution is -1.86. The van der Waals surface area contributed by atoms with Gasteiger partial charge in [-0.2, -0.15) is 0 Å². The van der Waals surface area contributed by atoms with Crippen LogP contribution in [-0.4, -0.2) is 19.9 Å². The van der Waals surface area contributed by atoms with E-state index in [9.17, 15) is 0 Å². The van der Waals surface area contributed by atoms with Gasteiger partial charge in [0.2, 0.25) is 11.8 Å². The molecule has 0 saturated carbocycles. The van der Waals surface area contributed by atoms with E-state index in [1.807, 2.05) is 48.5 Å². The first kappa shape index (κ1) is 22.2. The second-order valence-corrected chi connectivity index (χ2v) is 9.05. The minimum atomic E-state index is 0.617. The predicted molar refractivity (Wildman–Crippen MR) is 145 cm³/mol. The predicted octanol–water partition coefficient (Wildman–Crippen LogP) is 7.87. The average Bonchev–Trinajstić information content (AvgIpc) is 3.64. The summed E-state index contributed by atoms with van der Waals surface area (Å²) in [6.07, 6.45) is 6.08. The molecule has 0 saturated heterocycles. The SMILES string of the molecule is CCc1c(/C=C/c2[nH]c(-c3nc4ccccc4o3)c(C)c2CC)[nH]c(-c2nc3ccccc3o2)c1C. The Hall–Kier alpha value is -4.32. The maximum Gasteiger partial charge on any atom is 0.244 e. The number of benzene rings is 2. The molecule has 180 valence electrons. The molecule has 0 bridgehead atoms. The molecule has 6 heteroatoms. The smallest absolute Gasteiger partial charge is 0.244 e. The van der Waals surface area contributed by atoms with Gasteiger partial charge in [-0.25, -0.2) is 9.97 Å². The summed E-state index contributed by atoms with van der Waals surface area (Å²) in [6.45, 7) is 8.59. The van der Waals surface area contributed by atoms with Crippen LogP contribution in [0.2, 0.25) is 0 Å². The summed E-state index contributed by atoms with van der Waals surface area (Å²) < 4.78 is 12.1. The molecule has 0 fully saturated rings. The van der Waals surface area contributed by atoms with E-state index in [2.05, 4.69) is 49.8 Å². The van der Waals surface area contributed by atoms with E-state index in [0.717, 1.165) is 68.9 Å². The number of hydrogen-bond donors (Lipinski definition) is 2. The van der Waals surface area contributed by atoms with Crippen molar-refractivity contribution in [2.45, 2.75) is 40.5 Å². The summed E-state index contributed by atoms with van der Waals surface area (Å²) in [7, 11) is 0. The van der Waals surface area contributed by atoms with Gasteiger partial charge >= 0.3 is 0 Å². The monoisotopic (exact) mass is 476 g/mol. The molecule has 2 N–H and O–H groups in total. The van der Waals surface area contributed by atoms with Crippen molar-refractivity contribution in [3.8, 4) is 23.2 Å². The zero-order chi connectivity index (χ0) is 24.8. The number of nitrogens with zero attached hydrogens (tertiary/aromatic N) is 2. The summed E-state index contributed by atoms with van der Waals surface area (Å²) >= 11 is 0. The fourth-order valence-electron chi connectivity index (χ4n) is 5.06. The second kappa shape index (κ2) is 8.72. The van der Waals surface area contributed by atoms with Crippen LogP contribution in [0.1, 0.15) is 47.5 Å². The maximum atomic E-state index is 6.05. The Balaban J connectivity index is 1.39. The third kappa shape index (κ3) is 3.57. The van der Waals surface area contributed by atoms with Gasteiger partial charge in [-0.05, 0) is 85.4 Å². The highest BCUT2D eigenvalue weighted by molar-refractivity contribution is 5.80. The van der Waals surface area contributed by atoms with Gasteiger partial charge in [0.1, 0.15) is 22.4 Å². The van der Waals surface area contributed by atoms with Crippen LogP contribution in [0.4, 0.5) is 0 Å². The van der Waals surface area contributed by atoms with Crippen molar-refractivity contribution in [1.82, 2.24) is 19.9 Å². The zero-order valence-corrected chi connectivity index (χ0v) is 20.9. The molecular formula is C30H28N4O2. The molecule has 4 heterocycles. The highest BCUT2D eigenvalue weighted by Gasteiger charge is 2.19. The summed E-state index contributed by atoms with van der Waals surface area (Å²) in [5.41, 5.74) is 12.1. The number of H-pyrrole nitrogens is 2. The van der Waals surface area contributed by atoms with Gasteiger partial charge in [0, 0.05) is 11.4 Å². The largest absolute Gasteiger partial charge is 0.435 e. The molecule has 0 spiro atoms. The second-order valence-electron chi connectivity index (χ2n) is 9.05. The summed E-state index contributed by atoms with van der Waals surface area (Å²) in [5, 5.41) is 0. The maximum absolute atomic E-state index is 6.05. The third-order valence-electron chi connectivity index (χ3n) is 6.96. The summed E-state index contributed by atoms with van der Waals surface area (Å²) in [6, 6.07) is 15.7. The normalized spacial score (nSPS) is 12.0. The van der Waals surface area contributed by atoms with Gasteiger partial charge in [-0.3, -0.25) is 0 Å². The van der Waals surface area contributed by atoms with Crippen molar-refractivity contribution >= 4 is 34.4 Å². The van der Waals surface area contributed by atoms with Crippen molar-refractivity contribution in [2.24, 2.45) is 0 Å². The lowest BCUT2D eigenvalue weighted by Gasteiger charge is -1.99. The van der Waals surface area contributed by atoms with Crippen LogP contribution in [0.3, 0.4) is 0 Å². The lowest BCUT2D eigenvalue weighted by atomic mass is 10.0. The fraction of sp³-hybridized carbons (Fsp3) is 0.200. The first-order valence-electron chi connectivity index (χ1n) is 12.4. The molecule has 0 atom stereocenters. The zero-order valence-electron chi connectivity index (χ0n) is 20.9. The number of hydrogen-bond acceptors (Lipinski definition) is 4. The molecule has 0 amide bonds. The van der Waals surface area contributed by atoms with Gasteiger partial charge in [0.05, 0.1) is 0 Å². The van der Waals surface area contributed by atoms with Crippen molar-refractivity contribution in [3.63, 3.8) is 0 Å². The van der Waals surface area contributed by atoms with Crippen LogP contribution in [0.25, 0.3) is 57.5 Å². The Morgan fingerprint density at radius 3 is 1.47 bits per heavy atom. The number of nitrogens with one attached hydrogen (secondary N) is 2. The van der Waals surface area contributed by atoms with E-state index >= 15 is 0 Å². The molecular weight excluding hydrogens is 448 g/mol. The van der Waals surface area contributed by atoms with E-state index in [1.54, 1.807) is 0 Å². The molecule has 0 aliphatic heterocycles. The van der Waals surface area contributed by atoms with Crippen LogP contribution in [0, 0.1) is 13.8 Å². The van der Waals surface area contributed by atoms with E-state index in [1.165, 1.54) is 11.1 Å². The molecule has 36 heavy (non-hydrogen) atoms. The molecule has 6 aromatic rings. The Kier molecular flexibility index (Phi) is 5.37. The highest BCUT2D eigenvalue weighted by atomic mass is 16.4. The molecule has 0 aliphatic carbocycles. The van der Waals surface area contributed by atoms with Gasteiger partial charge in [-0.1, -0.05) is 38.1 Å². The van der Waals surface area contributed by atoms with Crippen molar-refractivity contribution in [2.75, 3.05) is 0 Å². The number of aromatic amines is 2. The summed E-state index contributed by atoms with van der Waals surface area (Å²) in [4.78, 5) is 16.5. The van der Waals surface area contributed by atoms with Gasteiger partial charge in [0.15, 0.2) is 11.2 Å². The Morgan fingerprint density at radius 2 is 1.08 bits per heavy atom. The molecule has 6 rings (SSSR count). The average molecular weight is 477 g/mol. The standard InChI is InChI=1S/C30H28N4O2/c1-5-19-17(3)27(29-33-23-11-7-9-13-25(23)35-29)31-21(19)15-16-22-20(6-2)18(4)28(32-22)30-34-24-12-8-10-14-26(24)36-30/h7-16,31-32H,5-6H2,1-4H3/b16-15+. The van der Waals surface area contributed by atoms with Crippen molar-refractivity contribution < 1.29 is 8.83 Å². The molecule has 0 aliphatic rings. The van der Waals surface area contributed by atoms with Crippen LogP contribution >= 0.6 is 0 Å². The van der Waals surface area contributed by atoms with E-state index in [4.69, 9.17) is 18.8 Å². The molecule has 0 radical (unpaired) electrons. The van der Waals surface area contributed by atoms with Crippen molar-refractivity contribution in [3.05, 3.63) is 82.2 Å².